The van der Waals surface area contributed by atoms with Crippen LogP contribution in [-0.2, 0) is 9.84 Å². The molecular weight excluding hydrogens is 348 g/mol. The number of H-pyrrole nitrogens is 1. The number of methoxy groups -OCH3 is 1. The molecular formula is C20H21N2O3S+. The summed E-state index contributed by atoms with van der Waals surface area (Å²) in [6.07, 6.45) is 3.74. The van der Waals surface area contributed by atoms with Crippen molar-refractivity contribution in [3.05, 3.63) is 54.7 Å². The van der Waals surface area contributed by atoms with Crippen LogP contribution in [0.4, 0.5) is 5.69 Å². The average molecular weight is 369 g/mol. The van der Waals surface area contributed by atoms with E-state index in [0.29, 0.717) is 15.5 Å². The van der Waals surface area contributed by atoms with E-state index < -0.39 is 9.84 Å². The van der Waals surface area contributed by atoms with Crippen LogP contribution >= 0.6 is 0 Å². The van der Waals surface area contributed by atoms with Gasteiger partial charge in [-0.15, -0.1) is 0 Å². The van der Waals surface area contributed by atoms with Crippen LogP contribution in [0.25, 0.3) is 10.9 Å². The van der Waals surface area contributed by atoms with Gasteiger partial charge < -0.3 is 9.64 Å². The van der Waals surface area contributed by atoms with Gasteiger partial charge in [0.25, 0.3) is 0 Å². The average Bonchev–Trinajstić information content (AvgIpc) is 3.21. The molecule has 0 saturated carbocycles. The van der Waals surface area contributed by atoms with Crippen LogP contribution < -0.4 is 14.6 Å². The highest BCUT2D eigenvalue weighted by molar-refractivity contribution is 7.91. The molecule has 5 nitrogen and oxygen atoms in total. The zero-order chi connectivity index (χ0) is 18.1. The van der Waals surface area contributed by atoms with Crippen molar-refractivity contribution in [2.45, 2.75) is 22.6 Å². The lowest BCUT2D eigenvalue weighted by Gasteiger charge is -2.21. The highest BCUT2D eigenvalue weighted by Gasteiger charge is 2.30. The van der Waals surface area contributed by atoms with Gasteiger partial charge >= 0.3 is 0 Å². The van der Waals surface area contributed by atoms with Crippen molar-refractivity contribution < 1.29 is 18.1 Å². The molecule has 0 unspecified atom stereocenters. The van der Waals surface area contributed by atoms with Gasteiger partial charge in [-0.05, 0) is 37.1 Å². The maximum atomic E-state index is 13.3. The first-order valence-electron chi connectivity index (χ1n) is 8.69. The Labute approximate surface area is 153 Å². The molecule has 0 bridgehead atoms. The standard InChI is InChI=1S/C20H20N2O3S/c1-25-15-9-10-18-17(13-15)20(22-11-5-6-12-22)19(14-21-18)26(23,24)16-7-3-2-4-8-16/h2-4,7-10,13-14H,5-6,11-12H2,1H3/p+1. The third kappa shape index (κ3) is 2.80. The van der Waals surface area contributed by atoms with E-state index in [-0.39, 0.29) is 0 Å². The lowest BCUT2D eigenvalue weighted by molar-refractivity contribution is -0.347. The lowest BCUT2D eigenvalue weighted by Crippen LogP contribution is -2.23. The first-order chi connectivity index (χ1) is 12.6. The summed E-state index contributed by atoms with van der Waals surface area (Å²) >= 11 is 0. The number of hydrogen-bond donors (Lipinski definition) is 0. The Balaban J connectivity index is 2.01. The Morgan fingerprint density at radius 1 is 1.04 bits per heavy atom. The summed E-state index contributed by atoms with van der Waals surface area (Å²) in [6, 6.07) is 14.3. The molecule has 26 heavy (non-hydrogen) atoms. The number of ether oxygens (including phenoxy) is 1. The van der Waals surface area contributed by atoms with E-state index in [9.17, 15) is 8.42 Å². The van der Waals surface area contributed by atoms with Gasteiger partial charge in [-0.1, -0.05) is 18.2 Å². The monoisotopic (exact) mass is 369 g/mol. The predicted octanol–water partition coefficient (Wildman–Crippen LogP) is 3.10. The van der Waals surface area contributed by atoms with Crippen molar-refractivity contribution in [1.29, 1.82) is 0 Å². The van der Waals surface area contributed by atoms with Crippen LogP contribution in [0, 0.1) is 0 Å². The molecule has 3 aromatic rings. The molecule has 0 amide bonds. The maximum Gasteiger partial charge on any atom is 0.214 e. The van der Waals surface area contributed by atoms with Crippen molar-refractivity contribution in [3.63, 3.8) is 0 Å². The molecule has 4 rings (SSSR count). The number of aromatic amines is 1. The molecule has 134 valence electrons. The molecule has 1 N–H and O–H groups in total. The number of nitrogens with zero attached hydrogens (tertiary/aromatic N) is 1. The second-order valence-corrected chi connectivity index (χ2v) is 8.34. The molecule has 0 radical (unpaired) electrons. The fourth-order valence-corrected chi connectivity index (χ4v) is 4.99. The molecule has 1 fully saturated rings. The number of fused-ring (bicyclic) bond motifs is 1. The minimum absolute atomic E-state index is 0.302. The molecule has 2 heterocycles. The van der Waals surface area contributed by atoms with Gasteiger partial charge in [0.1, 0.15) is 5.75 Å². The Hall–Kier alpha value is -2.60. The third-order valence-corrected chi connectivity index (χ3v) is 6.62. The number of hydrogen-bond acceptors (Lipinski definition) is 4. The number of anilines is 1. The lowest BCUT2D eigenvalue weighted by atomic mass is 10.1. The van der Waals surface area contributed by atoms with Crippen molar-refractivity contribution >= 4 is 26.4 Å². The zero-order valence-electron chi connectivity index (χ0n) is 14.6. The smallest absolute Gasteiger partial charge is 0.214 e. The Morgan fingerprint density at radius 3 is 2.46 bits per heavy atom. The van der Waals surface area contributed by atoms with Crippen molar-refractivity contribution in [3.8, 4) is 5.75 Å². The number of benzene rings is 2. The van der Waals surface area contributed by atoms with E-state index in [1.807, 2.05) is 24.3 Å². The minimum Gasteiger partial charge on any atom is -0.497 e. The molecule has 1 aliphatic rings. The summed E-state index contributed by atoms with van der Waals surface area (Å²) in [5.74, 6) is 0.709. The molecule has 0 atom stereocenters. The summed E-state index contributed by atoms with van der Waals surface area (Å²) in [6.45, 7) is 1.71. The van der Waals surface area contributed by atoms with Crippen LogP contribution in [0.2, 0.25) is 0 Å². The molecule has 1 aliphatic heterocycles. The van der Waals surface area contributed by atoms with E-state index in [0.717, 1.165) is 42.5 Å². The molecule has 0 spiro atoms. The fourth-order valence-electron chi connectivity index (χ4n) is 3.51. The SMILES string of the molecule is COc1ccc2[nH+]cc(S(=O)(=O)c3ccccc3)c(N3CCCC3)c2c1. The van der Waals surface area contributed by atoms with Gasteiger partial charge in [0.2, 0.25) is 15.4 Å². The molecule has 6 heteroatoms. The van der Waals surface area contributed by atoms with Gasteiger partial charge in [-0.2, -0.15) is 0 Å². The van der Waals surface area contributed by atoms with E-state index in [1.165, 1.54) is 0 Å². The summed E-state index contributed by atoms with van der Waals surface area (Å²) < 4.78 is 32.0. The van der Waals surface area contributed by atoms with Crippen LogP contribution in [0.15, 0.2) is 64.5 Å². The third-order valence-electron chi connectivity index (χ3n) is 4.84. The van der Waals surface area contributed by atoms with Gasteiger partial charge in [0.05, 0.1) is 23.1 Å². The van der Waals surface area contributed by atoms with Crippen LogP contribution in [-0.4, -0.2) is 28.6 Å². The summed E-state index contributed by atoms with van der Waals surface area (Å²) in [4.78, 5) is 5.93. The Kier molecular flexibility index (Phi) is 4.28. The normalized spacial score (nSPS) is 14.7. The first kappa shape index (κ1) is 16.8. The van der Waals surface area contributed by atoms with Crippen molar-refractivity contribution in [2.24, 2.45) is 0 Å². The molecule has 1 saturated heterocycles. The topological polar surface area (TPSA) is 60.8 Å². The van der Waals surface area contributed by atoms with Crippen LogP contribution in [0.1, 0.15) is 12.8 Å². The van der Waals surface area contributed by atoms with E-state index >= 15 is 0 Å². The molecule has 1 aromatic heterocycles. The minimum atomic E-state index is -3.63. The fraction of sp³-hybridized carbons (Fsp3) is 0.250. The summed E-state index contributed by atoms with van der Waals surface area (Å²) in [7, 11) is -2.02. The molecule has 2 aromatic carbocycles. The zero-order valence-corrected chi connectivity index (χ0v) is 15.4. The van der Waals surface area contributed by atoms with Gasteiger partial charge in [0.15, 0.2) is 11.1 Å². The van der Waals surface area contributed by atoms with E-state index in [1.54, 1.807) is 37.6 Å². The first-order valence-corrected chi connectivity index (χ1v) is 10.2. The Bertz CT molecular complexity index is 1040. The van der Waals surface area contributed by atoms with Gasteiger partial charge in [-0.3, -0.25) is 0 Å². The van der Waals surface area contributed by atoms with E-state index in [2.05, 4.69) is 9.88 Å². The van der Waals surface area contributed by atoms with Crippen molar-refractivity contribution in [2.75, 3.05) is 25.1 Å². The van der Waals surface area contributed by atoms with Crippen LogP contribution in [0.3, 0.4) is 0 Å². The number of pyridine rings is 1. The summed E-state index contributed by atoms with van der Waals surface area (Å²) in [5, 5.41) is 0.864. The van der Waals surface area contributed by atoms with E-state index in [4.69, 9.17) is 4.74 Å². The predicted molar refractivity (Wildman–Crippen MR) is 100 cm³/mol. The quantitative estimate of drug-likeness (QED) is 0.709. The number of nitrogens with one attached hydrogen (secondary N) is 1. The number of aromatic nitrogens is 1. The van der Waals surface area contributed by atoms with Gasteiger partial charge in [0, 0.05) is 19.2 Å². The van der Waals surface area contributed by atoms with Gasteiger partial charge in [-0.25, -0.2) is 13.4 Å². The highest BCUT2D eigenvalue weighted by atomic mass is 32.2. The summed E-state index contributed by atoms with van der Waals surface area (Å²) in [5.41, 5.74) is 1.65. The largest absolute Gasteiger partial charge is 0.497 e. The maximum absolute atomic E-state index is 13.3. The Morgan fingerprint density at radius 2 is 1.77 bits per heavy atom. The number of sulfone groups is 1. The second kappa shape index (κ2) is 6.61. The van der Waals surface area contributed by atoms with Crippen molar-refractivity contribution in [1.82, 2.24) is 0 Å². The highest BCUT2D eigenvalue weighted by Crippen LogP contribution is 2.37. The second-order valence-electron chi connectivity index (χ2n) is 6.42. The number of rotatable bonds is 4. The van der Waals surface area contributed by atoms with Crippen LogP contribution in [0.5, 0.6) is 5.75 Å². The molecule has 0 aliphatic carbocycles.